The van der Waals surface area contributed by atoms with Crippen LogP contribution in [0.15, 0.2) is 59.4 Å². The Labute approximate surface area is 134 Å². The highest BCUT2D eigenvalue weighted by molar-refractivity contribution is 5.48. The summed E-state index contributed by atoms with van der Waals surface area (Å²) in [5, 5.41) is 6.54. The third kappa shape index (κ3) is 3.48. The molecule has 4 heteroatoms. The lowest BCUT2D eigenvalue weighted by atomic mass is 10.00. The Balaban J connectivity index is 1.92. The van der Waals surface area contributed by atoms with Crippen molar-refractivity contribution in [3.63, 3.8) is 0 Å². The van der Waals surface area contributed by atoms with E-state index in [1.807, 2.05) is 50.2 Å². The highest BCUT2D eigenvalue weighted by atomic mass is 16.5. The average molecular weight is 306 g/mol. The van der Waals surface area contributed by atoms with Gasteiger partial charge < -0.3 is 4.74 Å². The highest BCUT2D eigenvalue weighted by Crippen LogP contribution is 2.31. The van der Waals surface area contributed by atoms with E-state index in [0.717, 1.165) is 33.9 Å². The molecule has 0 radical (unpaired) electrons. The number of aromatic amines is 1. The summed E-state index contributed by atoms with van der Waals surface area (Å²) in [6.45, 7) is 4.08. The van der Waals surface area contributed by atoms with Crippen LogP contribution in [-0.4, -0.2) is 10.2 Å². The number of hydrogen-bond donors (Lipinski definition) is 1. The highest BCUT2D eigenvalue weighted by Gasteiger charge is 2.11. The Kier molecular flexibility index (Phi) is 4.24. The van der Waals surface area contributed by atoms with Gasteiger partial charge in [0.2, 0.25) is 0 Å². The van der Waals surface area contributed by atoms with E-state index in [4.69, 9.17) is 4.74 Å². The second-order valence-corrected chi connectivity index (χ2v) is 5.50. The topological polar surface area (TPSA) is 55.0 Å². The van der Waals surface area contributed by atoms with Crippen molar-refractivity contribution in [2.45, 2.75) is 20.3 Å². The van der Waals surface area contributed by atoms with E-state index in [0.29, 0.717) is 6.42 Å². The fraction of sp³-hybridized carbons (Fsp3) is 0.158. The Morgan fingerprint density at radius 3 is 2.48 bits per heavy atom. The molecule has 0 amide bonds. The standard InChI is InChI=1S/C19H18N2O2/c1-13-8-9-15(12-16-10-11-18(22)21-20-16)14(2)19(13)23-17-6-4-3-5-7-17/h3-11H,12H2,1-2H3,(H,21,22). The van der Waals surface area contributed by atoms with Crippen LogP contribution in [0.1, 0.15) is 22.4 Å². The number of ether oxygens (including phenoxy) is 1. The number of para-hydroxylation sites is 1. The number of aromatic nitrogens is 2. The lowest BCUT2D eigenvalue weighted by Gasteiger charge is -2.15. The lowest BCUT2D eigenvalue weighted by molar-refractivity contribution is 0.474. The summed E-state index contributed by atoms with van der Waals surface area (Å²) >= 11 is 0. The van der Waals surface area contributed by atoms with Crippen molar-refractivity contribution < 1.29 is 4.74 Å². The zero-order valence-electron chi connectivity index (χ0n) is 13.2. The molecule has 1 heterocycles. The smallest absolute Gasteiger partial charge is 0.264 e. The summed E-state index contributed by atoms with van der Waals surface area (Å²) in [7, 11) is 0. The molecule has 0 fully saturated rings. The van der Waals surface area contributed by atoms with E-state index in [-0.39, 0.29) is 5.56 Å². The first-order valence-corrected chi connectivity index (χ1v) is 7.50. The van der Waals surface area contributed by atoms with Gasteiger partial charge in [-0.15, -0.1) is 0 Å². The maximum atomic E-state index is 11.1. The van der Waals surface area contributed by atoms with Crippen LogP contribution in [0, 0.1) is 13.8 Å². The molecular weight excluding hydrogens is 288 g/mol. The van der Waals surface area contributed by atoms with Crippen LogP contribution in [-0.2, 0) is 6.42 Å². The predicted octanol–water partition coefficient (Wildman–Crippen LogP) is 3.77. The maximum Gasteiger partial charge on any atom is 0.264 e. The quantitative estimate of drug-likeness (QED) is 0.798. The second kappa shape index (κ2) is 6.48. The van der Waals surface area contributed by atoms with Crippen molar-refractivity contribution in [3.05, 3.63) is 87.3 Å². The number of rotatable bonds is 4. The largest absolute Gasteiger partial charge is 0.457 e. The van der Waals surface area contributed by atoms with Gasteiger partial charge in [0.1, 0.15) is 11.5 Å². The normalized spacial score (nSPS) is 10.5. The van der Waals surface area contributed by atoms with Gasteiger partial charge in [0.25, 0.3) is 5.56 Å². The molecule has 0 spiro atoms. The van der Waals surface area contributed by atoms with Crippen molar-refractivity contribution in [2.75, 3.05) is 0 Å². The summed E-state index contributed by atoms with van der Waals surface area (Å²) in [6.07, 6.45) is 0.647. The zero-order valence-corrected chi connectivity index (χ0v) is 13.2. The van der Waals surface area contributed by atoms with Crippen LogP contribution in [0.3, 0.4) is 0 Å². The van der Waals surface area contributed by atoms with Gasteiger partial charge in [-0.1, -0.05) is 30.3 Å². The van der Waals surface area contributed by atoms with E-state index in [2.05, 4.69) is 16.3 Å². The Bertz CT molecular complexity index is 850. The molecule has 0 atom stereocenters. The van der Waals surface area contributed by atoms with Crippen LogP contribution < -0.4 is 10.3 Å². The van der Waals surface area contributed by atoms with Gasteiger partial charge in [-0.3, -0.25) is 4.79 Å². The van der Waals surface area contributed by atoms with Gasteiger partial charge in [0.05, 0.1) is 5.69 Å². The molecule has 0 aliphatic carbocycles. The van der Waals surface area contributed by atoms with E-state index in [1.54, 1.807) is 6.07 Å². The van der Waals surface area contributed by atoms with Gasteiger partial charge in [-0.05, 0) is 48.7 Å². The number of nitrogens with one attached hydrogen (secondary N) is 1. The predicted molar refractivity (Wildman–Crippen MR) is 90.1 cm³/mol. The molecule has 0 bridgehead atoms. The average Bonchev–Trinajstić information content (AvgIpc) is 2.57. The molecule has 0 aliphatic heterocycles. The Hall–Kier alpha value is -2.88. The van der Waals surface area contributed by atoms with Gasteiger partial charge in [0, 0.05) is 12.5 Å². The molecule has 4 nitrogen and oxygen atoms in total. The van der Waals surface area contributed by atoms with Crippen molar-refractivity contribution in [1.82, 2.24) is 10.2 Å². The Morgan fingerprint density at radius 2 is 1.78 bits per heavy atom. The third-order valence-corrected chi connectivity index (χ3v) is 3.79. The van der Waals surface area contributed by atoms with Crippen LogP contribution in [0.5, 0.6) is 11.5 Å². The fourth-order valence-electron chi connectivity index (χ4n) is 2.49. The SMILES string of the molecule is Cc1ccc(Cc2ccc(=O)[nH]n2)c(C)c1Oc1ccccc1. The molecule has 2 aromatic carbocycles. The molecule has 116 valence electrons. The number of benzene rings is 2. The first-order valence-electron chi connectivity index (χ1n) is 7.50. The van der Waals surface area contributed by atoms with E-state index in [9.17, 15) is 4.79 Å². The van der Waals surface area contributed by atoms with E-state index in [1.165, 1.54) is 6.07 Å². The molecule has 1 aromatic heterocycles. The molecule has 3 rings (SSSR count). The summed E-state index contributed by atoms with van der Waals surface area (Å²) < 4.78 is 6.06. The van der Waals surface area contributed by atoms with Crippen molar-refractivity contribution >= 4 is 0 Å². The maximum absolute atomic E-state index is 11.1. The second-order valence-electron chi connectivity index (χ2n) is 5.50. The number of aryl methyl sites for hydroxylation is 1. The number of hydrogen-bond acceptors (Lipinski definition) is 3. The minimum atomic E-state index is -0.192. The minimum absolute atomic E-state index is 0.192. The molecule has 0 aliphatic rings. The molecule has 23 heavy (non-hydrogen) atoms. The summed E-state index contributed by atoms with van der Waals surface area (Å²) in [6, 6.07) is 17.1. The van der Waals surface area contributed by atoms with Crippen molar-refractivity contribution in [3.8, 4) is 11.5 Å². The van der Waals surface area contributed by atoms with Crippen molar-refractivity contribution in [2.24, 2.45) is 0 Å². The molecule has 0 saturated heterocycles. The number of H-pyrrole nitrogens is 1. The summed E-state index contributed by atoms with van der Waals surface area (Å²) in [5.41, 5.74) is 3.93. The third-order valence-electron chi connectivity index (χ3n) is 3.79. The first-order chi connectivity index (χ1) is 11.1. The number of nitrogens with zero attached hydrogens (tertiary/aromatic N) is 1. The lowest BCUT2D eigenvalue weighted by Crippen LogP contribution is -2.08. The van der Waals surface area contributed by atoms with Gasteiger partial charge in [-0.25, -0.2) is 5.10 Å². The van der Waals surface area contributed by atoms with E-state index >= 15 is 0 Å². The molecule has 0 saturated carbocycles. The van der Waals surface area contributed by atoms with E-state index < -0.39 is 0 Å². The van der Waals surface area contributed by atoms with Crippen molar-refractivity contribution in [1.29, 1.82) is 0 Å². The van der Waals surface area contributed by atoms with Gasteiger partial charge in [-0.2, -0.15) is 5.10 Å². The van der Waals surface area contributed by atoms with Gasteiger partial charge >= 0.3 is 0 Å². The van der Waals surface area contributed by atoms with Crippen LogP contribution in [0.4, 0.5) is 0 Å². The molecule has 0 unspecified atom stereocenters. The molecule has 3 aromatic rings. The molecule has 1 N–H and O–H groups in total. The zero-order chi connectivity index (χ0) is 16.2. The first kappa shape index (κ1) is 15.0. The van der Waals surface area contributed by atoms with Crippen LogP contribution in [0.2, 0.25) is 0 Å². The fourth-order valence-corrected chi connectivity index (χ4v) is 2.49. The minimum Gasteiger partial charge on any atom is -0.457 e. The Morgan fingerprint density at radius 1 is 1.00 bits per heavy atom. The molecular formula is C19H18N2O2. The monoisotopic (exact) mass is 306 g/mol. The summed E-state index contributed by atoms with van der Waals surface area (Å²) in [5.74, 6) is 1.69. The van der Waals surface area contributed by atoms with Crippen LogP contribution in [0.25, 0.3) is 0 Å². The van der Waals surface area contributed by atoms with Crippen LogP contribution >= 0.6 is 0 Å². The van der Waals surface area contributed by atoms with Gasteiger partial charge in [0.15, 0.2) is 0 Å². The summed E-state index contributed by atoms with van der Waals surface area (Å²) in [4.78, 5) is 11.1.